The van der Waals surface area contributed by atoms with Crippen molar-refractivity contribution in [1.29, 1.82) is 5.26 Å². The molecule has 1 aromatic heterocycles. The van der Waals surface area contributed by atoms with Gasteiger partial charge in [0.15, 0.2) is 5.82 Å². The van der Waals surface area contributed by atoms with E-state index in [1.807, 2.05) is 39.5 Å². The zero-order valence-corrected chi connectivity index (χ0v) is 14.4. The number of carbonyl (C=O) groups excluding carboxylic acids is 1. The highest BCUT2D eigenvalue weighted by atomic mass is 16.6. The van der Waals surface area contributed by atoms with Crippen molar-refractivity contribution in [1.82, 2.24) is 14.9 Å². The number of aromatic nitrogens is 2. The second kappa shape index (κ2) is 6.41. The van der Waals surface area contributed by atoms with Crippen LogP contribution >= 0.6 is 0 Å². The minimum absolute atomic E-state index is 0.298. The molecular formula is C16H23N5O2. The topological polar surface area (TPSA) is 82.4 Å². The van der Waals surface area contributed by atoms with Crippen LogP contribution in [0.3, 0.4) is 0 Å². The zero-order chi connectivity index (χ0) is 17.2. The molecule has 0 N–H and O–H groups in total. The van der Waals surface area contributed by atoms with Gasteiger partial charge in [-0.25, -0.2) is 14.8 Å². The lowest BCUT2D eigenvalue weighted by atomic mass is 10.2. The fourth-order valence-corrected chi connectivity index (χ4v) is 2.48. The van der Waals surface area contributed by atoms with Crippen molar-refractivity contribution in [2.24, 2.45) is 0 Å². The standard InChI is InChI=1S/C16H23N5O2/c1-11-13(10-17)14(19-12(2)18-11)20-6-8-21(9-7-20)15(22)23-16(3,4)5/h6-9H2,1-5H3. The molecule has 0 aliphatic carbocycles. The first-order chi connectivity index (χ1) is 10.7. The Labute approximate surface area is 136 Å². The fourth-order valence-electron chi connectivity index (χ4n) is 2.48. The van der Waals surface area contributed by atoms with Gasteiger partial charge in [-0.3, -0.25) is 0 Å². The van der Waals surface area contributed by atoms with Crippen molar-refractivity contribution >= 4 is 11.9 Å². The third-order valence-electron chi connectivity index (χ3n) is 3.53. The Hall–Kier alpha value is -2.36. The average molecular weight is 317 g/mol. The van der Waals surface area contributed by atoms with Gasteiger partial charge in [-0.05, 0) is 34.6 Å². The molecule has 0 aromatic carbocycles. The number of aryl methyl sites for hydroxylation is 2. The van der Waals surface area contributed by atoms with Crippen LogP contribution in [-0.2, 0) is 4.74 Å². The lowest BCUT2D eigenvalue weighted by Crippen LogP contribution is -2.50. The van der Waals surface area contributed by atoms with Crippen molar-refractivity contribution in [2.75, 3.05) is 31.1 Å². The highest BCUT2D eigenvalue weighted by Crippen LogP contribution is 2.22. The van der Waals surface area contributed by atoms with E-state index < -0.39 is 5.60 Å². The highest BCUT2D eigenvalue weighted by molar-refractivity contribution is 5.68. The first kappa shape index (κ1) is 17.0. The van der Waals surface area contributed by atoms with E-state index in [0.717, 1.165) is 0 Å². The van der Waals surface area contributed by atoms with E-state index >= 15 is 0 Å². The Bertz CT molecular complexity index is 637. The van der Waals surface area contributed by atoms with Gasteiger partial charge < -0.3 is 14.5 Å². The summed E-state index contributed by atoms with van der Waals surface area (Å²) >= 11 is 0. The molecule has 2 rings (SSSR count). The van der Waals surface area contributed by atoms with Gasteiger partial charge in [0, 0.05) is 26.2 Å². The maximum atomic E-state index is 12.1. The predicted molar refractivity (Wildman–Crippen MR) is 86.2 cm³/mol. The second-order valence-electron chi connectivity index (χ2n) is 6.62. The number of piperazine rings is 1. The molecule has 1 aliphatic heterocycles. The van der Waals surface area contributed by atoms with Crippen molar-refractivity contribution in [3.63, 3.8) is 0 Å². The number of hydrogen-bond donors (Lipinski definition) is 0. The number of hydrogen-bond acceptors (Lipinski definition) is 6. The SMILES string of the molecule is Cc1nc(C)c(C#N)c(N2CCN(C(=O)OC(C)(C)C)CC2)n1. The Kier molecular flexibility index (Phi) is 4.73. The minimum Gasteiger partial charge on any atom is -0.444 e. The van der Waals surface area contributed by atoms with Crippen molar-refractivity contribution in [3.8, 4) is 6.07 Å². The van der Waals surface area contributed by atoms with Crippen molar-refractivity contribution in [3.05, 3.63) is 17.1 Å². The lowest BCUT2D eigenvalue weighted by molar-refractivity contribution is 0.0240. The Morgan fingerprint density at radius 2 is 1.78 bits per heavy atom. The van der Waals surface area contributed by atoms with Gasteiger partial charge in [0.1, 0.15) is 23.1 Å². The van der Waals surface area contributed by atoms with Crippen LogP contribution in [0.1, 0.15) is 37.9 Å². The number of rotatable bonds is 1. The first-order valence-electron chi connectivity index (χ1n) is 7.69. The summed E-state index contributed by atoms with van der Waals surface area (Å²) in [6, 6.07) is 2.18. The van der Waals surface area contributed by atoms with Crippen LogP contribution in [0, 0.1) is 25.2 Å². The van der Waals surface area contributed by atoms with E-state index in [-0.39, 0.29) is 6.09 Å². The quantitative estimate of drug-likeness (QED) is 0.788. The molecule has 23 heavy (non-hydrogen) atoms. The summed E-state index contributed by atoms with van der Waals surface area (Å²) < 4.78 is 5.39. The maximum absolute atomic E-state index is 12.1. The zero-order valence-electron chi connectivity index (χ0n) is 14.4. The molecular weight excluding hydrogens is 294 g/mol. The molecule has 1 fully saturated rings. The monoisotopic (exact) mass is 317 g/mol. The molecule has 2 heterocycles. The summed E-state index contributed by atoms with van der Waals surface area (Å²) in [6.07, 6.45) is -0.298. The van der Waals surface area contributed by atoms with Gasteiger partial charge in [0.25, 0.3) is 0 Å². The van der Waals surface area contributed by atoms with E-state index in [2.05, 4.69) is 16.0 Å². The maximum Gasteiger partial charge on any atom is 0.410 e. The molecule has 0 radical (unpaired) electrons. The lowest BCUT2D eigenvalue weighted by Gasteiger charge is -2.36. The number of anilines is 1. The van der Waals surface area contributed by atoms with Crippen molar-refractivity contribution < 1.29 is 9.53 Å². The Morgan fingerprint density at radius 3 is 2.30 bits per heavy atom. The van der Waals surface area contributed by atoms with E-state index in [4.69, 9.17) is 4.74 Å². The van der Waals surface area contributed by atoms with Crippen LogP contribution in [-0.4, -0.2) is 52.7 Å². The summed E-state index contributed by atoms with van der Waals surface area (Å²) in [7, 11) is 0. The van der Waals surface area contributed by atoms with Gasteiger partial charge in [-0.2, -0.15) is 5.26 Å². The third kappa shape index (κ3) is 4.09. The van der Waals surface area contributed by atoms with Crippen LogP contribution < -0.4 is 4.90 Å². The van der Waals surface area contributed by atoms with E-state index in [1.54, 1.807) is 4.90 Å². The molecule has 1 saturated heterocycles. The largest absolute Gasteiger partial charge is 0.444 e. The minimum atomic E-state index is -0.497. The summed E-state index contributed by atoms with van der Waals surface area (Å²) in [5, 5.41) is 9.35. The summed E-state index contributed by atoms with van der Waals surface area (Å²) in [6.45, 7) is 11.5. The summed E-state index contributed by atoms with van der Waals surface area (Å²) in [5.74, 6) is 1.30. The molecule has 7 heteroatoms. The molecule has 0 spiro atoms. The molecule has 1 aliphatic rings. The van der Waals surface area contributed by atoms with Crippen LogP contribution in [0.4, 0.5) is 10.6 Å². The molecule has 0 unspecified atom stereocenters. The highest BCUT2D eigenvalue weighted by Gasteiger charge is 2.27. The third-order valence-corrected chi connectivity index (χ3v) is 3.53. The molecule has 0 atom stereocenters. The van der Waals surface area contributed by atoms with Crippen LogP contribution in [0.25, 0.3) is 0 Å². The molecule has 1 amide bonds. The predicted octanol–water partition coefficient (Wildman–Crippen LogP) is 2.02. The smallest absolute Gasteiger partial charge is 0.410 e. The summed E-state index contributed by atoms with van der Waals surface area (Å²) in [5.41, 5.74) is 0.689. The molecule has 0 bridgehead atoms. The molecule has 1 aromatic rings. The average Bonchev–Trinajstić information content (AvgIpc) is 2.45. The van der Waals surface area contributed by atoms with Gasteiger partial charge in [-0.15, -0.1) is 0 Å². The van der Waals surface area contributed by atoms with Gasteiger partial charge in [0.05, 0.1) is 5.69 Å². The van der Waals surface area contributed by atoms with E-state index in [1.165, 1.54) is 0 Å². The van der Waals surface area contributed by atoms with E-state index in [0.29, 0.717) is 49.1 Å². The van der Waals surface area contributed by atoms with Gasteiger partial charge >= 0.3 is 6.09 Å². The number of ether oxygens (including phenoxy) is 1. The normalized spacial score (nSPS) is 15.3. The fraction of sp³-hybridized carbons (Fsp3) is 0.625. The van der Waals surface area contributed by atoms with Gasteiger partial charge in [-0.1, -0.05) is 0 Å². The van der Waals surface area contributed by atoms with Crippen LogP contribution in [0.15, 0.2) is 0 Å². The molecule has 7 nitrogen and oxygen atoms in total. The second-order valence-corrected chi connectivity index (χ2v) is 6.62. The van der Waals surface area contributed by atoms with Crippen LogP contribution in [0.2, 0.25) is 0 Å². The van der Waals surface area contributed by atoms with E-state index in [9.17, 15) is 10.1 Å². The Balaban J connectivity index is 2.08. The van der Waals surface area contributed by atoms with Crippen LogP contribution in [0.5, 0.6) is 0 Å². The number of nitriles is 1. The molecule has 124 valence electrons. The summed E-state index contributed by atoms with van der Waals surface area (Å²) in [4.78, 5) is 24.5. The van der Waals surface area contributed by atoms with Gasteiger partial charge in [0.2, 0.25) is 0 Å². The Morgan fingerprint density at radius 1 is 1.17 bits per heavy atom. The van der Waals surface area contributed by atoms with Crippen molar-refractivity contribution in [2.45, 2.75) is 40.2 Å². The molecule has 0 saturated carbocycles. The number of amides is 1. The number of carbonyl (C=O) groups is 1. The first-order valence-corrected chi connectivity index (χ1v) is 7.69. The number of nitrogens with zero attached hydrogens (tertiary/aromatic N) is 5.